The molecule has 0 saturated heterocycles. The van der Waals surface area contributed by atoms with Crippen LogP contribution in [0.1, 0.15) is 168 Å². The number of phenols is 2. The van der Waals surface area contributed by atoms with E-state index in [0.29, 0.717) is 22.0 Å². The van der Waals surface area contributed by atoms with Crippen molar-refractivity contribution in [2.75, 3.05) is 0 Å². The third-order valence-electron chi connectivity index (χ3n) is 10.2. The molecule has 0 spiro atoms. The lowest BCUT2D eigenvalue weighted by atomic mass is 9.78. The average Bonchev–Trinajstić information content (AvgIpc) is 2.96. The first-order valence-electron chi connectivity index (χ1n) is 18.4. The van der Waals surface area contributed by atoms with Crippen LogP contribution >= 0.6 is 11.8 Å². The van der Waals surface area contributed by atoms with Crippen LogP contribution in [0.2, 0.25) is 0 Å². The fourth-order valence-corrected chi connectivity index (χ4v) is 9.13. The molecule has 0 bridgehead atoms. The summed E-state index contributed by atoms with van der Waals surface area (Å²) >= 11 is 2.19. The maximum absolute atomic E-state index is 11.5. The zero-order valence-electron chi connectivity index (χ0n) is 32.0. The molecule has 0 fully saturated rings. The summed E-state index contributed by atoms with van der Waals surface area (Å²) in [5.74, 6) is 0.938. The average molecular weight is 659 g/mol. The number of aromatic hydroxyl groups is 2. The summed E-state index contributed by atoms with van der Waals surface area (Å²) in [6.07, 6.45) is 16.9. The minimum absolute atomic E-state index is 0.142. The van der Waals surface area contributed by atoms with E-state index in [2.05, 4.69) is 131 Å². The summed E-state index contributed by atoms with van der Waals surface area (Å²) in [7, 11) is 0. The van der Waals surface area contributed by atoms with Crippen molar-refractivity contribution < 1.29 is 10.2 Å². The Morgan fingerprint density at radius 1 is 0.511 bits per heavy atom. The van der Waals surface area contributed by atoms with Crippen LogP contribution in [0.25, 0.3) is 0 Å². The van der Waals surface area contributed by atoms with E-state index in [9.17, 15) is 10.2 Å². The molecule has 2 atom stereocenters. The van der Waals surface area contributed by atoms with E-state index >= 15 is 0 Å². The fourth-order valence-electron chi connectivity index (χ4n) is 7.38. The first-order valence-corrected chi connectivity index (χ1v) is 19.4. The molecule has 0 amide bonds. The monoisotopic (exact) mass is 658 g/mol. The first kappa shape index (κ1) is 37.7. The minimum atomic E-state index is -0.142. The molecule has 2 unspecified atom stereocenters. The van der Waals surface area contributed by atoms with Crippen LogP contribution in [0, 0.1) is 0 Å². The third-order valence-corrected chi connectivity index (χ3v) is 11.8. The fraction of sp³-hybridized carbons (Fsp3) is 0.636. The minimum Gasteiger partial charge on any atom is -0.507 e. The number of thioether (sulfide) groups is 1. The molecule has 0 aliphatic heterocycles. The van der Waals surface area contributed by atoms with Crippen molar-refractivity contribution in [1.29, 1.82) is 0 Å². The number of benzene rings is 2. The molecule has 2 nitrogen and oxygen atoms in total. The van der Waals surface area contributed by atoms with Gasteiger partial charge in [-0.3, -0.25) is 0 Å². The molecule has 0 radical (unpaired) electrons. The van der Waals surface area contributed by atoms with Gasteiger partial charge in [-0.05, 0) is 119 Å². The highest BCUT2D eigenvalue weighted by Crippen LogP contribution is 2.45. The Morgan fingerprint density at radius 3 is 1.04 bits per heavy atom. The molecule has 3 heteroatoms. The summed E-state index contributed by atoms with van der Waals surface area (Å²) in [6, 6.07) is 9.23. The first-order chi connectivity index (χ1) is 21.7. The van der Waals surface area contributed by atoms with E-state index < -0.39 is 0 Å². The van der Waals surface area contributed by atoms with E-state index in [1.807, 2.05) is 0 Å². The van der Waals surface area contributed by atoms with Crippen LogP contribution in [-0.4, -0.2) is 20.7 Å². The van der Waals surface area contributed by atoms with Gasteiger partial charge in [0.2, 0.25) is 0 Å². The Bertz CT molecular complexity index is 1280. The van der Waals surface area contributed by atoms with E-state index in [0.717, 1.165) is 35.1 Å². The Morgan fingerprint density at radius 2 is 0.809 bits per heavy atom. The van der Waals surface area contributed by atoms with Gasteiger partial charge in [-0.2, -0.15) is 0 Å². The van der Waals surface area contributed by atoms with Crippen molar-refractivity contribution in [3.8, 4) is 11.5 Å². The number of allylic oxidation sites excluding steroid dienone is 2. The van der Waals surface area contributed by atoms with E-state index in [1.54, 1.807) is 11.1 Å². The number of hydrogen-bond acceptors (Lipinski definition) is 3. The summed E-state index contributed by atoms with van der Waals surface area (Å²) in [5, 5.41) is 23.7. The Labute approximate surface area is 292 Å². The lowest BCUT2D eigenvalue weighted by Gasteiger charge is -2.33. The molecule has 0 saturated carbocycles. The normalized spacial score (nSPS) is 18.0. The summed E-state index contributed by atoms with van der Waals surface area (Å²) in [6.45, 7) is 26.6. The molecule has 2 aliphatic rings. The Kier molecular flexibility index (Phi) is 11.5. The second kappa shape index (κ2) is 14.4. The molecule has 260 valence electrons. The van der Waals surface area contributed by atoms with E-state index in [4.69, 9.17) is 0 Å². The van der Waals surface area contributed by atoms with Gasteiger partial charge in [0.1, 0.15) is 11.5 Å². The summed E-state index contributed by atoms with van der Waals surface area (Å²) < 4.78 is 0. The highest BCUT2D eigenvalue weighted by molar-refractivity contribution is 8.00. The van der Waals surface area contributed by atoms with E-state index in [-0.39, 0.29) is 21.7 Å². The molecule has 4 rings (SSSR count). The summed E-state index contributed by atoms with van der Waals surface area (Å²) in [5.41, 5.74) is 9.56. The SMILES string of the molecule is CC(C)(C)c1cc(CC(SC(Cc2cc(C(C)(C)C)c(O)c(C(C)(C)C)c2)C2=CCCCC2)C2=CCCCC2)cc(C(C)(C)C)c1O. The zero-order chi connectivity index (χ0) is 34.9. The van der Waals surface area contributed by atoms with Crippen LogP contribution in [0.4, 0.5) is 0 Å². The largest absolute Gasteiger partial charge is 0.507 e. The lowest BCUT2D eigenvalue weighted by molar-refractivity contribution is 0.422. The van der Waals surface area contributed by atoms with Gasteiger partial charge in [-0.15, -0.1) is 11.8 Å². The standard InChI is InChI=1S/C44H66O2S/c1-41(2,3)33-23-29(24-34(39(33)45)42(4,5)6)27-37(31-19-15-13-16-20-31)47-38(32-21-17-14-18-22-32)28-30-25-35(43(7,8)9)40(46)36(26-30)44(10,11)12/h19,21,23-26,37-38,45-46H,13-18,20,22,27-28H2,1-12H3. The van der Waals surface area contributed by atoms with Gasteiger partial charge >= 0.3 is 0 Å². The van der Waals surface area contributed by atoms with Crippen LogP contribution in [-0.2, 0) is 34.5 Å². The highest BCUT2D eigenvalue weighted by Gasteiger charge is 2.31. The highest BCUT2D eigenvalue weighted by atomic mass is 32.2. The van der Waals surface area contributed by atoms with Gasteiger partial charge in [0.15, 0.2) is 0 Å². The van der Waals surface area contributed by atoms with Gasteiger partial charge in [0.25, 0.3) is 0 Å². The van der Waals surface area contributed by atoms with Gasteiger partial charge in [0, 0.05) is 10.5 Å². The smallest absolute Gasteiger partial charge is 0.123 e. The van der Waals surface area contributed by atoms with Crippen molar-refractivity contribution in [2.24, 2.45) is 0 Å². The van der Waals surface area contributed by atoms with Crippen molar-refractivity contribution in [3.63, 3.8) is 0 Å². The second-order valence-electron chi connectivity index (χ2n) is 18.7. The quantitative estimate of drug-likeness (QED) is 0.277. The van der Waals surface area contributed by atoms with Crippen molar-refractivity contribution in [3.05, 3.63) is 80.9 Å². The van der Waals surface area contributed by atoms with Crippen LogP contribution in [0.3, 0.4) is 0 Å². The molecular formula is C44H66O2S. The number of hydrogen-bond donors (Lipinski definition) is 2. The van der Waals surface area contributed by atoms with Gasteiger partial charge in [0.05, 0.1) is 0 Å². The van der Waals surface area contributed by atoms with Crippen LogP contribution in [0.15, 0.2) is 47.6 Å². The Hall–Kier alpha value is -2.13. The van der Waals surface area contributed by atoms with Crippen molar-refractivity contribution in [2.45, 2.75) is 179 Å². The van der Waals surface area contributed by atoms with Crippen molar-refractivity contribution >= 4 is 11.8 Å². The van der Waals surface area contributed by atoms with Gasteiger partial charge in [-0.25, -0.2) is 0 Å². The molecule has 2 N–H and O–H groups in total. The van der Waals surface area contributed by atoms with Gasteiger partial charge in [-0.1, -0.05) is 131 Å². The van der Waals surface area contributed by atoms with Crippen molar-refractivity contribution in [1.82, 2.24) is 0 Å². The number of phenolic OH excluding ortho intramolecular Hbond substituents is 2. The zero-order valence-corrected chi connectivity index (χ0v) is 32.8. The maximum atomic E-state index is 11.5. The predicted octanol–water partition coefficient (Wildman–Crippen LogP) is 12.5. The second-order valence-corrected chi connectivity index (χ2v) is 20.1. The molecule has 47 heavy (non-hydrogen) atoms. The molecule has 0 heterocycles. The molecule has 0 aromatic heterocycles. The van der Waals surface area contributed by atoms with Gasteiger partial charge < -0.3 is 10.2 Å². The molecule has 2 aromatic rings. The Balaban J connectivity index is 1.81. The summed E-state index contributed by atoms with van der Waals surface area (Å²) in [4.78, 5) is 0. The topological polar surface area (TPSA) is 40.5 Å². The lowest BCUT2D eigenvalue weighted by Crippen LogP contribution is -2.23. The molecular weight excluding hydrogens is 593 g/mol. The molecule has 2 aliphatic carbocycles. The third kappa shape index (κ3) is 9.52. The molecule has 2 aromatic carbocycles. The van der Waals surface area contributed by atoms with Crippen LogP contribution in [0.5, 0.6) is 11.5 Å². The predicted molar refractivity (Wildman–Crippen MR) is 207 cm³/mol. The van der Waals surface area contributed by atoms with Crippen LogP contribution < -0.4 is 0 Å². The van der Waals surface area contributed by atoms with E-state index in [1.165, 1.54) is 62.5 Å². The maximum Gasteiger partial charge on any atom is 0.123 e. The number of rotatable bonds is 8.